The van der Waals surface area contributed by atoms with E-state index in [0.29, 0.717) is 12.1 Å². The zero-order valence-corrected chi connectivity index (χ0v) is 23.6. The third kappa shape index (κ3) is 6.77. The van der Waals surface area contributed by atoms with Crippen LogP contribution in [0.25, 0.3) is 0 Å². The van der Waals surface area contributed by atoms with Crippen LogP contribution in [-0.4, -0.2) is 77.0 Å². The second kappa shape index (κ2) is 12.4. The van der Waals surface area contributed by atoms with Crippen LogP contribution in [0.2, 0.25) is 0 Å². The van der Waals surface area contributed by atoms with E-state index >= 15 is 0 Å². The van der Waals surface area contributed by atoms with E-state index in [-0.39, 0.29) is 35.1 Å². The SMILES string of the molecule is O=C(O)CCC(=O)N1C[C@H](CC(=O)c2cc3c(c(C(F)(F)F)c2)COB3O)[C@@H](NC(=O)c2cc3c(c(C(F)(F)F)c2)COB3O)C1. The average Bonchev–Trinajstić information content (AvgIpc) is 3.66. The number of ketones is 1. The number of Topliss-reactive ketones (excluding diaryl/α,β-unsaturated/α-hetero) is 1. The number of likely N-dealkylation sites (tertiary alicyclic amines) is 1. The van der Waals surface area contributed by atoms with Crippen molar-refractivity contribution in [2.75, 3.05) is 13.1 Å². The van der Waals surface area contributed by atoms with E-state index in [1.54, 1.807) is 0 Å². The van der Waals surface area contributed by atoms with Crippen LogP contribution in [0.3, 0.4) is 0 Å². The van der Waals surface area contributed by atoms with Crippen LogP contribution in [0.15, 0.2) is 24.3 Å². The number of rotatable bonds is 8. The first-order chi connectivity index (χ1) is 21.4. The van der Waals surface area contributed by atoms with Crippen LogP contribution >= 0.6 is 0 Å². The van der Waals surface area contributed by atoms with Crippen LogP contribution in [-0.2, 0) is 44.5 Å². The van der Waals surface area contributed by atoms with Crippen molar-refractivity contribution in [3.05, 3.63) is 57.6 Å². The van der Waals surface area contributed by atoms with Gasteiger partial charge in [-0.05, 0) is 40.3 Å². The fourth-order valence-corrected chi connectivity index (χ4v) is 5.88. The van der Waals surface area contributed by atoms with Gasteiger partial charge in [0, 0.05) is 43.0 Å². The molecule has 2 atom stereocenters. The molecule has 46 heavy (non-hydrogen) atoms. The van der Waals surface area contributed by atoms with E-state index in [1.165, 1.54) is 0 Å². The molecule has 244 valence electrons. The summed E-state index contributed by atoms with van der Waals surface area (Å²) in [5.74, 6) is -4.80. The van der Waals surface area contributed by atoms with Crippen LogP contribution in [0, 0.1) is 5.92 Å². The largest absolute Gasteiger partial charge is 0.491 e. The predicted molar refractivity (Wildman–Crippen MR) is 145 cm³/mol. The Bertz CT molecular complexity index is 1500. The van der Waals surface area contributed by atoms with Gasteiger partial charge in [-0.15, -0.1) is 0 Å². The fraction of sp³-hybridized carbons (Fsp3) is 0.407. The van der Waals surface area contributed by atoms with Crippen LogP contribution in [0.4, 0.5) is 26.3 Å². The van der Waals surface area contributed by atoms with Gasteiger partial charge in [-0.25, -0.2) is 0 Å². The molecule has 0 bridgehead atoms. The molecule has 3 aliphatic heterocycles. The van der Waals surface area contributed by atoms with Gasteiger partial charge in [-0.3, -0.25) is 19.2 Å². The molecule has 0 aliphatic carbocycles. The molecule has 3 aliphatic rings. The summed E-state index contributed by atoms with van der Waals surface area (Å²) in [6.07, 6.45) is -11.3. The number of alkyl halides is 6. The maximum atomic E-state index is 13.8. The summed E-state index contributed by atoms with van der Waals surface area (Å²) in [5.41, 5.74) is -4.54. The maximum absolute atomic E-state index is 13.8. The first-order valence-electron chi connectivity index (χ1n) is 13.8. The van der Waals surface area contributed by atoms with E-state index in [1.807, 2.05) is 0 Å². The summed E-state index contributed by atoms with van der Waals surface area (Å²) in [5, 5.41) is 31.4. The molecule has 2 amide bonds. The Balaban J connectivity index is 1.43. The predicted octanol–water partition coefficient (Wildman–Crippen LogP) is 0.854. The van der Waals surface area contributed by atoms with Crippen molar-refractivity contribution in [1.29, 1.82) is 0 Å². The van der Waals surface area contributed by atoms with E-state index in [0.717, 1.165) is 17.0 Å². The molecule has 1 fully saturated rings. The quantitative estimate of drug-likeness (QED) is 0.184. The number of fused-ring (bicyclic) bond motifs is 2. The molecule has 0 spiro atoms. The lowest BCUT2D eigenvalue weighted by Crippen LogP contribution is -2.42. The standard InChI is InChI=1S/C27H24B2F6N2O9/c30-26(31,32)17-3-12(5-19-15(17)10-45-28(19)43)22(38)7-14-8-37(23(39)1-2-24(40)41)9-21(14)36-25(42)13-4-18(27(33,34)35)16-11-46-29(44)20(16)6-13/h3-6,14,21,43-44H,1-2,7-11H2,(H,36,42)(H,40,41)/t14-,21-/m0/s1. The van der Waals surface area contributed by atoms with Crippen molar-refractivity contribution in [2.45, 2.75) is 50.9 Å². The summed E-state index contributed by atoms with van der Waals surface area (Å²) in [4.78, 5) is 51.5. The van der Waals surface area contributed by atoms with Crippen molar-refractivity contribution in [1.82, 2.24) is 10.2 Å². The number of nitrogens with zero attached hydrogens (tertiary/aromatic N) is 1. The van der Waals surface area contributed by atoms with Crippen molar-refractivity contribution in [3.63, 3.8) is 0 Å². The van der Waals surface area contributed by atoms with E-state index in [9.17, 15) is 55.6 Å². The number of carbonyl (C=O) groups is 4. The molecule has 0 unspecified atom stereocenters. The highest BCUT2D eigenvalue weighted by Crippen LogP contribution is 2.36. The highest BCUT2D eigenvalue weighted by atomic mass is 19.4. The number of benzene rings is 2. The molecule has 3 heterocycles. The van der Waals surface area contributed by atoms with Gasteiger partial charge in [0.1, 0.15) is 0 Å². The molecule has 2 aromatic carbocycles. The van der Waals surface area contributed by atoms with Crippen LogP contribution < -0.4 is 16.2 Å². The molecular formula is C27H24B2F6N2O9. The number of nitrogens with one attached hydrogen (secondary N) is 1. The number of hydrogen-bond acceptors (Lipinski definition) is 8. The molecule has 0 aromatic heterocycles. The number of amides is 2. The maximum Gasteiger partial charge on any atom is 0.491 e. The Hall–Kier alpha value is -3.93. The monoisotopic (exact) mass is 656 g/mol. The average molecular weight is 656 g/mol. The van der Waals surface area contributed by atoms with Crippen LogP contribution in [0.5, 0.6) is 0 Å². The number of carbonyl (C=O) groups excluding carboxylic acids is 3. The number of carboxylic acids is 1. The Morgan fingerprint density at radius 2 is 1.35 bits per heavy atom. The summed E-state index contributed by atoms with van der Waals surface area (Å²) in [6.45, 7) is -1.60. The minimum atomic E-state index is -4.91. The van der Waals surface area contributed by atoms with E-state index in [4.69, 9.17) is 14.4 Å². The van der Waals surface area contributed by atoms with E-state index in [2.05, 4.69) is 5.32 Å². The summed E-state index contributed by atoms with van der Waals surface area (Å²) >= 11 is 0. The second-order valence-electron chi connectivity index (χ2n) is 11.2. The fourth-order valence-electron chi connectivity index (χ4n) is 5.88. The van der Waals surface area contributed by atoms with Crippen molar-refractivity contribution in [3.8, 4) is 0 Å². The Morgan fingerprint density at radius 1 is 0.826 bits per heavy atom. The van der Waals surface area contributed by atoms with Gasteiger partial charge in [0.25, 0.3) is 5.91 Å². The zero-order valence-electron chi connectivity index (χ0n) is 23.6. The first kappa shape index (κ1) is 33.4. The summed E-state index contributed by atoms with van der Waals surface area (Å²) in [7, 11) is -3.43. The molecular weight excluding hydrogens is 632 g/mol. The van der Waals surface area contributed by atoms with E-state index < -0.39 is 117 Å². The third-order valence-corrected chi connectivity index (χ3v) is 8.18. The van der Waals surface area contributed by atoms with Crippen LogP contribution in [0.1, 0.15) is 62.2 Å². The van der Waals surface area contributed by atoms with Gasteiger partial charge in [0.15, 0.2) is 5.78 Å². The lowest BCUT2D eigenvalue weighted by Gasteiger charge is -2.21. The van der Waals surface area contributed by atoms with Crippen molar-refractivity contribution < 1.29 is 70.0 Å². The highest BCUT2D eigenvalue weighted by Gasteiger charge is 2.43. The van der Waals surface area contributed by atoms with Crippen molar-refractivity contribution >= 4 is 48.7 Å². The minimum Gasteiger partial charge on any atom is -0.481 e. The molecule has 5 rings (SSSR count). The number of hydrogen-bond donors (Lipinski definition) is 4. The molecule has 1 saturated heterocycles. The molecule has 4 N–H and O–H groups in total. The molecule has 2 aromatic rings. The summed E-state index contributed by atoms with van der Waals surface area (Å²) < 4.78 is 92.5. The Kier molecular flexibility index (Phi) is 8.98. The smallest absolute Gasteiger partial charge is 0.481 e. The lowest BCUT2D eigenvalue weighted by atomic mass is 9.76. The highest BCUT2D eigenvalue weighted by molar-refractivity contribution is 6.62. The van der Waals surface area contributed by atoms with Gasteiger partial charge in [0.05, 0.1) is 36.8 Å². The van der Waals surface area contributed by atoms with Gasteiger partial charge in [0.2, 0.25) is 5.91 Å². The van der Waals surface area contributed by atoms with Gasteiger partial charge < -0.3 is 34.7 Å². The second-order valence-corrected chi connectivity index (χ2v) is 11.2. The van der Waals surface area contributed by atoms with Gasteiger partial charge in [-0.2, -0.15) is 26.3 Å². The van der Waals surface area contributed by atoms with Gasteiger partial charge in [-0.1, -0.05) is 6.07 Å². The normalized spacial score (nSPS) is 19.3. The molecule has 0 saturated carbocycles. The zero-order chi connectivity index (χ0) is 33.7. The molecule has 11 nitrogen and oxygen atoms in total. The number of halogens is 6. The van der Waals surface area contributed by atoms with Crippen molar-refractivity contribution in [2.24, 2.45) is 5.92 Å². The minimum absolute atomic E-state index is 0.234. The van der Waals surface area contributed by atoms with Gasteiger partial charge >= 0.3 is 32.6 Å². The Morgan fingerprint density at radius 3 is 1.87 bits per heavy atom. The third-order valence-electron chi connectivity index (χ3n) is 8.18. The summed E-state index contributed by atoms with van der Waals surface area (Å²) in [6, 6.07) is 2.15. The number of carboxylic acid groups (broad SMARTS) is 1. The molecule has 19 heteroatoms. The first-order valence-corrected chi connectivity index (χ1v) is 13.8. The number of aliphatic carboxylic acids is 1. The lowest BCUT2D eigenvalue weighted by molar-refractivity contribution is -0.140. The molecule has 0 radical (unpaired) electrons. The topological polar surface area (TPSA) is 163 Å². The Labute approximate surface area is 256 Å².